The van der Waals surface area contributed by atoms with Crippen LogP contribution in [0.1, 0.15) is 34.0 Å². The van der Waals surface area contributed by atoms with Gasteiger partial charge in [-0.05, 0) is 60.9 Å². The van der Waals surface area contributed by atoms with E-state index in [1.165, 1.54) is 0 Å². The van der Waals surface area contributed by atoms with Gasteiger partial charge in [-0.25, -0.2) is 0 Å². The van der Waals surface area contributed by atoms with Gasteiger partial charge < -0.3 is 5.32 Å². The van der Waals surface area contributed by atoms with E-state index in [1.807, 2.05) is 62.5 Å². The second kappa shape index (κ2) is 10.4. The van der Waals surface area contributed by atoms with Crippen molar-refractivity contribution in [2.45, 2.75) is 27.1 Å². The van der Waals surface area contributed by atoms with Crippen LogP contribution in [0, 0.1) is 6.92 Å². The molecule has 0 aliphatic rings. The van der Waals surface area contributed by atoms with Crippen molar-refractivity contribution in [1.29, 1.82) is 0 Å². The quantitative estimate of drug-likeness (QED) is 0.313. The zero-order valence-corrected chi connectivity index (χ0v) is 17.5. The summed E-state index contributed by atoms with van der Waals surface area (Å²) >= 11 is 0. The van der Waals surface area contributed by atoms with Gasteiger partial charge in [0.05, 0.1) is 24.6 Å². The van der Waals surface area contributed by atoms with Crippen LogP contribution in [0.4, 0.5) is 17.1 Å². The van der Waals surface area contributed by atoms with Crippen LogP contribution >= 0.6 is 0 Å². The summed E-state index contributed by atoms with van der Waals surface area (Å²) in [5, 5.41) is 3.12. The van der Waals surface area contributed by atoms with Crippen molar-refractivity contribution < 1.29 is 14.5 Å². The maximum Gasteiger partial charge on any atom is 0.159 e. The third-order valence-electron chi connectivity index (χ3n) is 4.68. The second-order valence-corrected chi connectivity index (χ2v) is 7.01. The van der Waals surface area contributed by atoms with E-state index in [0.717, 1.165) is 33.8 Å². The summed E-state index contributed by atoms with van der Waals surface area (Å²) in [5.41, 5.74) is 12.6. The highest BCUT2D eigenvalue weighted by molar-refractivity contribution is 5.94. The van der Waals surface area contributed by atoms with Gasteiger partial charge in [-0.3, -0.25) is 25.4 Å². The lowest BCUT2D eigenvalue weighted by Crippen LogP contribution is -2.04. The molecule has 3 aromatic carbocycles. The van der Waals surface area contributed by atoms with Crippen molar-refractivity contribution in [2.75, 3.05) is 23.3 Å². The van der Waals surface area contributed by atoms with Crippen LogP contribution in [0.25, 0.3) is 0 Å². The molecule has 0 fully saturated rings. The molecule has 0 spiro atoms. The Hall–Kier alpha value is -3.35. The summed E-state index contributed by atoms with van der Waals surface area (Å²) in [6.07, 6.45) is 0. The minimum absolute atomic E-state index is 0.0571. The van der Waals surface area contributed by atoms with E-state index < -0.39 is 0 Å². The van der Waals surface area contributed by atoms with E-state index in [2.05, 4.69) is 22.3 Å². The predicted molar refractivity (Wildman–Crippen MR) is 120 cm³/mol. The van der Waals surface area contributed by atoms with Crippen LogP contribution in [0.5, 0.6) is 0 Å². The molecular formula is C24H27N3O3. The lowest BCUT2D eigenvalue weighted by atomic mass is 10.1. The zero-order valence-electron chi connectivity index (χ0n) is 17.5. The van der Waals surface area contributed by atoms with Crippen molar-refractivity contribution >= 4 is 22.8 Å². The molecule has 0 radical (unpaired) electrons. The van der Waals surface area contributed by atoms with Crippen molar-refractivity contribution in [3.8, 4) is 0 Å². The molecule has 6 heteroatoms. The number of benzene rings is 3. The third kappa shape index (κ3) is 6.07. The fraction of sp³-hybridized carbons (Fsp3) is 0.208. The SMILES string of the molecule is CNc1ccc(NOCc2ccc(NOCc3ccc(C(C)=O)cc3)cc2)c(C)c1. The Kier molecular flexibility index (Phi) is 7.43. The molecule has 3 aromatic rings. The normalized spacial score (nSPS) is 10.5. The van der Waals surface area contributed by atoms with Gasteiger partial charge in [0.1, 0.15) is 0 Å². The summed E-state index contributed by atoms with van der Waals surface area (Å²) in [7, 11) is 1.90. The maximum absolute atomic E-state index is 11.3. The van der Waals surface area contributed by atoms with Gasteiger partial charge in [0.2, 0.25) is 0 Å². The Bertz CT molecular complexity index is 970. The van der Waals surface area contributed by atoms with Gasteiger partial charge in [0.25, 0.3) is 0 Å². The molecule has 0 aliphatic heterocycles. The molecule has 0 unspecified atom stereocenters. The van der Waals surface area contributed by atoms with Crippen molar-refractivity contribution in [3.63, 3.8) is 0 Å². The van der Waals surface area contributed by atoms with Crippen molar-refractivity contribution in [3.05, 3.63) is 89.0 Å². The van der Waals surface area contributed by atoms with E-state index in [0.29, 0.717) is 18.8 Å². The van der Waals surface area contributed by atoms with Gasteiger partial charge in [-0.2, -0.15) is 0 Å². The fourth-order valence-electron chi connectivity index (χ4n) is 2.84. The second-order valence-electron chi connectivity index (χ2n) is 7.01. The number of hydrogen-bond donors (Lipinski definition) is 3. The number of Topliss-reactive ketones (excluding diaryl/α,β-unsaturated/α-hetero) is 1. The van der Waals surface area contributed by atoms with Crippen LogP contribution in [-0.2, 0) is 22.9 Å². The molecule has 0 atom stereocenters. The summed E-state index contributed by atoms with van der Waals surface area (Å²) in [6.45, 7) is 4.43. The first-order valence-corrected chi connectivity index (χ1v) is 9.78. The van der Waals surface area contributed by atoms with Crippen LogP contribution < -0.4 is 16.3 Å². The topological polar surface area (TPSA) is 71.6 Å². The third-order valence-corrected chi connectivity index (χ3v) is 4.68. The van der Waals surface area contributed by atoms with Gasteiger partial charge >= 0.3 is 0 Å². The van der Waals surface area contributed by atoms with Crippen LogP contribution in [0.15, 0.2) is 66.7 Å². The number of rotatable bonds is 10. The number of hydrogen-bond acceptors (Lipinski definition) is 6. The zero-order chi connectivity index (χ0) is 21.3. The van der Waals surface area contributed by atoms with Crippen molar-refractivity contribution in [1.82, 2.24) is 0 Å². The number of carbonyl (C=O) groups is 1. The Labute approximate surface area is 177 Å². The van der Waals surface area contributed by atoms with Crippen LogP contribution in [-0.4, -0.2) is 12.8 Å². The fourth-order valence-corrected chi connectivity index (χ4v) is 2.84. The van der Waals surface area contributed by atoms with E-state index in [9.17, 15) is 4.79 Å². The lowest BCUT2D eigenvalue weighted by Gasteiger charge is -2.12. The van der Waals surface area contributed by atoms with E-state index in [-0.39, 0.29) is 5.78 Å². The molecule has 3 rings (SSSR count). The number of anilines is 3. The highest BCUT2D eigenvalue weighted by Crippen LogP contribution is 2.20. The molecule has 0 aliphatic carbocycles. The molecule has 30 heavy (non-hydrogen) atoms. The molecule has 3 N–H and O–H groups in total. The molecular weight excluding hydrogens is 378 g/mol. The van der Waals surface area contributed by atoms with Crippen LogP contribution in [0.3, 0.4) is 0 Å². The Morgan fingerprint density at radius 2 is 1.37 bits per heavy atom. The predicted octanol–water partition coefficient (Wildman–Crippen LogP) is 5.33. The smallest absolute Gasteiger partial charge is 0.159 e. The first kappa shape index (κ1) is 21.4. The average molecular weight is 405 g/mol. The minimum Gasteiger partial charge on any atom is -0.388 e. The summed E-state index contributed by atoms with van der Waals surface area (Å²) in [5.74, 6) is 0.0571. The standard InChI is InChI=1S/C24H27N3O3/c1-17-14-23(25-3)12-13-24(17)27-30-16-20-6-10-22(11-7-20)26-29-15-19-4-8-21(9-5-19)18(2)28/h4-14,25-27H,15-16H2,1-3H3. The number of carbonyl (C=O) groups excluding carboxylic acids is 1. The molecule has 0 saturated carbocycles. The first-order chi connectivity index (χ1) is 14.5. The van der Waals surface area contributed by atoms with Gasteiger partial charge in [-0.15, -0.1) is 0 Å². The monoisotopic (exact) mass is 405 g/mol. The molecule has 6 nitrogen and oxygen atoms in total. The average Bonchev–Trinajstić information content (AvgIpc) is 2.76. The molecule has 0 bridgehead atoms. The molecule has 156 valence electrons. The number of nitrogens with one attached hydrogen (secondary N) is 3. The van der Waals surface area contributed by atoms with Crippen LogP contribution in [0.2, 0.25) is 0 Å². The molecule has 0 aromatic heterocycles. The van der Waals surface area contributed by atoms with E-state index >= 15 is 0 Å². The first-order valence-electron chi connectivity index (χ1n) is 9.78. The lowest BCUT2D eigenvalue weighted by molar-refractivity contribution is 0.101. The van der Waals surface area contributed by atoms with Gasteiger partial charge in [0, 0.05) is 18.3 Å². The van der Waals surface area contributed by atoms with Crippen molar-refractivity contribution in [2.24, 2.45) is 0 Å². The highest BCUT2D eigenvalue weighted by atomic mass is 16.6. The molecule has 0 amide bonds. The Balaban J connectivity index is 1.42. The summed E-state index contributed by atoms with van der Waals surface area (Å²) in [6, 6.07) is 21.3. The Morgan fingerprint density at radius 1 is 0.800 bits per heavy atom. The van der Waals surface area contributed by atoms with Gasteiger partial charge in [0.15, 0.2) is 5.78 Å². The highest BCUT2D eigenvalue weighted by Gasteiger charge is 2.02. The van der Waals surface area contributed by atoms with E-state index in [1.54, 1.807) is 19.1 Å². The van der Waals surface area contributed by atoms with Gasteiger partial charge in [-0.1, -0.05) is 36.4 Å². The Morgan fingerprint density at radius 3 is 1.93 bits per heavy atom. The number of ketones is 1. The van der Waals surface area contributed by atoms with E-state index in [4.69, 9.17) is 9.68 Å². The number of aryl methyl sites for hydroxylation is 1. The summed E-state index contributed by atoms with van der Waals surface area (Å²) in [4.78, 5) is 22.5. The minimum atomic E-state index is 0.0571. The maximum atomic E-state index is 11.3. The molecule has 0 heterocycles. The molecule has 0 saturated heterocycles. The largest absolute Gasteiger partial charge is 0.388 e. The summed E-state index contributed by atoms with van der Waals surface area (Å²) < 4.78 is 0.